The van der Waals surface area contributed by atoms with Crippen LogP contribution >= 0.6 is 0 Å². The summed E-state index contributed by atoms with van der Waals surface area (Å²) in [4.78, 5) is 26.4. The fourth-order valence-electron chi connectivity index (χ4n) is 3.02. The molecule has 27 heavy (non-hydrogen) atoms. The third kappa shape index (κ3) is 2.94. The number of hydrogen-bond acceptors (Lipinski definition) is 4. The van der Waals surface area contributed by atoms with Crippen molar-refractivity contribution in [2.24, 2.45) is 0 Å². The number of amides is 2. The number of anilines is 1. The average molecular weight is 354 g/mol. The Labute approximate surface area is 156 Å². The highest BCUT2D eigenvalue weighted by molar-refractivity contribution is 6.34. The van der Waals surface area contributed by atoms with E-state index in [1.54, 1.807) is 42.5 Å². The van der Waals surface area contributed by atoms with E-state index in [1.807, 2.05) is 30.3 Å². The highest BCUT2D eigenvalue weighted by Crippen LogP contribution is 2.32. The summed E-state index contributed by atoms with van der Waals surface area (Å²) in [5.41, 5.74) is 2.42. The minimum atomic E-state index is -0.380. The number of benzene rings is 3. The smallest absolute Gasteiger partial charge is 0.266 e. The van der Waals surface area contributed by atoms with E-state index in [0.29, 0.717) is 28.1 Å². The van der Waals surface area contributed by atoms with Gasteiger partial charge in [0.2, 0.25) is 0 Å². The summed E-state index contributed by atoms with van der Waals surface area (Å²) in [6.45, 7) is 0.279. The van der Waals surface area contributed by atoms with Crippen LogP contribution in [0.2, 0.25) is 0 Å². The Bertz CT molecular complexity index is 1050. The van der Waals surface area contributed by atoms with Gasteiger partial charge >= 0.3 is 0 Å². The van der Waals surface area contributed by atoms with Gasteiger partial charge in [-0.25, -0.2) is 4.90 Å². The molecule has 0 bridgehead atoms. The van der Waals surface area contributed by atoms with E-state index >= 15 is 0 Å². The van der Waals surface area contributed by atoms with Crippen molar-refractivity contribution in [2.75, 3.05) is 4.90 Å². The van der Waals surface area contributed by atoms with Crippen molar-refractivity contribution < 1.29 is 14.3 Å². The van der Waals surface area contributed by atoms with Crippen LogP contribution in [0.25, 0.3) is 0 Å². The van der Waals surface area contributed by atoms with Gasteiger partial charge in [0.25, 0.3) is 11.8 Å². The summed E-state index contributed by atoms with van der Waals surface area (Å²) in [5, 5.41) is 9.34. The van der Waals surface area contributed by atoms with Gasteiger partial charge in [-0.05, 0) is 29.8 Å². The van der Waals surface area contributed by atoms with E-state index in [0.717, 1.165) is 10.5 Å². The molecule has 0 aromatic heterocycles. The summed E-state index contributed by atoms with van der Waals surface area (Å²) in [5.74, 6) is -0.431. The molecule has 5 heteroatoms. The molecule has 1 aliphatic heterocycles. The zero-order chi connectivity index (χ0) is 18.8. The van der Waals surface area contributed by atoms with Gasteiger partial charge in [0.05, 0.1) is 22.4 Å². The van der Waals surface area contributed by atoms with Crippen LogP contribution in [0, 0.1) is 11.3 Å². The van der Waals surface area contributed by atoms with Crippen LogP contribution in [-0.4, -0.2) is 11.8 Å². The second kappa shape index (κ2) is 6.77. The number of imide groups is 1. The minimum absolute atomic E-state index is 0.279. The number of ether oxygens (including phenoxy) is 1. The molecular weight excluding hydrogens is 340 g/mol. The number of rotatable bonds is 4. The molecule has 0 aliphatic carbocycles. The maximum Gasteiger partial charge on any atom is 0.266 e. The van der Waals surface area contributed by atoms with Crippen molar-refractivity contribution in [1.29, 1.82) is 5.26 Å². The molecule has 0 saturated carbocycles. The van der Waals surface area contributed by atoms with Crippen molar-refractivity contribution in [2.45, 2.75) is 6.61 Å². The molecule has 0 spiro atoms. The fraction of sp³-hybridized carbons (Fsp3) is 0.0455. The van der Waals surface area contributed by atoms with Gasteiger partial charge in [-0.15, -0.1) is 0 Å². The van der Waals surface area contributed by atoms with Crippen LogP contribution in [-0.2, 0) is 6.61 Å². The zero-order valence-electron chi connectivity index (χ0n) is 14.3. The molecule has 1 aliphatic rings. The Kier molecular flexibility index (Phi) is 4.15. The molecule has 0 saturated heterocycles. The fourth-order valence-corrected chi connectivity index (χ4v) is 3.02. The molecule has 0 N–H and O–H groups in total. The minimum Gasteiger partial charge on any atom is -0.487 e. The van der Waals surface area contributed by atoms with Gasteiger partial charge < -0.3 is 4.74 Å². The predicted octanol–water partition coefficient (Wildman–Crippen LogP) is 3.94. The first-order valence-corrected chi connectivity index (χ1v) is 8.38. The lowest BCUT2D eigenvalue weighted by Gasteiger charge is -2.16. The molecule has 3 aromatic carbocycles. The summed E-state index contributed by atoms with van der Waals surface area (Å²) in [7, 11) is 0. The molecule has 130 valence electrons. The van der Waals surface area contributed by atoms with Gasteiger partial charge in [-0.2, -0.15) is 5.26 Å². The van der Waals surface area contributed by atoms with Gasteiger partial charge in [-0.1, -0.05) is 42.5 Å². The van der Waals surface area contributed by atoms with Gasteiger partial charge in [0, 0.05) is 6.07 Å². The Morgan fingerprint density at radius 3 is 2.11 bits per heavy atom. The normalized spacial score (nSPS) is 12.6. The lowest BCUT2D eigenvalue weighted by molar-refractivity contribution is 0.0926. The quantitative estimate of drug-likeness (QED) is 0.666. The predicted molar refractivity (Wildman–Crippen MR) is 99.5 cm³/mol. The lowest BCUT2D eigenvalue weighted by atomic mass is 10.1. The standard InChI is InChI=1S/C22H14N2O3/c23-13-16-10-11-17(12-20(16)27-14-15-6-2-1-3-7-15)24-21(25)18-8-4-5-9-19(18)22(24)26/h1-12H,14H2. The molecular formula is C22H14N2O3. The maximum atomic E-state index is 12.7. The molecule has 1 heterocycles. The first kappa shape index (κ1) is 16.6. The third-order valence-electron chi connectivity index (χ3n) is 4.38. The topological polar surface area (TPSA) is 70.4 Å². The van der Waals surface area contributed by atoms with E-state index < -0.39 is 0 Å². The van der Waals surface area contributed by atoms with Crippen LogP contribution in [0.1, 0.15) is 31.8 Å². The third-order valence-corrected chi connectivity index (χ3v) is 4.38. The molecule has 3 aromatic rings. The van der Waals surface area contributed by atoms with Gasteiger partial charge in [0.15, 0.2) is 0 Å². The van der Waals surface area contributed by atoms with E-state index in [-0.39, 0.29) is 18.4 Å². The van der Waals surface area contributed by atoms with E-state index in [2.05, 4.69) is 6.07 Å². The Morgan fingerprint density at radius 2 is 1.48 bits per heavy atom. The molecule has 2 amide bonds. The second-order valence-corrected chi connectivity index (χ2v) is 6.06. The summed E-state index contributed by atoms with van der Waals surface area (Å²) in [6, 6.07) is 23.0. The van der Waals surface area contributed by atoms with E-state index in [9.17, 15) is 14.9 Å². The van der Waals surface area contributed by atoms with Crippen LogP contribution in [0.15, 0.2) is 72.8 Å². The Morgan fingerprint density at radius 1 is 0.852 bits per heavy atom. The number of nitriles is 1. The van der Waals surface area contributed by atoms with E-state index in [4.69, 9.17) is 4.74 Å². The van der Waals surface area contributed by atoms with Crippen molar-refractivity contribution in [3.05, 3.63) is 95.1 Å². The lowest BCUT2D eigenvalue weighted by Crippen LogP contribution is -2.29. The number of carbonyl (C=O) groups is 2. The number of hydrogen-bond donors (Lipinski definition) is 0. The monoisotopic (exact) mass is 354 g/mol. The molecule has 0 unspecified atom stereocenters. The highest BCUT2D eigenvalue weighted by Gasteiger charge is 2.36. The van der Waals surface area contributed by atoms with Crippen LogP contribution in [0.4, 0.5) is 5.69 Å². The van der Waals surface area contributed by atoms with Gasteiger partial charge in [0.1, 0.15) is 18.4 Å². The summed E-state index contributed by atoms with van der Waals surface area (Å²) < 4.78 is 5.79. The van der Waals surface area contributed by atoms with Crippen LogP contribution < -0.4 is 9.64 Å². The molecule has 0 fully saturated rings. The van der Waals surface area contributed by atoms with Crippen molar-refractivity contribution >= 4 is 17.5 Å². The zero-order valence-corrected chi connectivity index (χ0v) is 14.3. The van der Waals surface area contributed by atoms with Crippen LogP contribution in [0.5, 0.6) is 5.75 Å². The SMILES string of the molecule is N#Cc1ccc(N2C(=O)c3ccccc3C2=O)cc1OCc1ccccc1. The van der Waals surface area contributed by atoms with Crippen molar-refractivity contribution in [1.82, 2.24) is 0 Å². The molecule has 5 nitrogen and oxygen atoms in total. The summed E-state index contributed by atoms with van der Waals surface area (Å²) >= 11 is 0. The maximum absolute atomic E-state index is 12.7. The highest BCUT2D eigenvalue weighted by atomic mass is 16.5. The molecule has 0 radical (unpaired) electrons. The van der Waals surface area contributed by atoms with E-state index in [1.165, 1.54) is 0 Å². The molecule has 4 rings (SSSR count). The summed E-state index contributed by atoms with van der Waals surface area (Å²) in [6.07, 6.45) is 0. The molecule has 0 atom stereocenters. The first-order chi connectivity index (χ1) is 13.2. The van der Waals surface area contributed by atoms with Gasteiger partial charge in [-0.3, -0.25) is 9.59 Å². The number of carbonyl (C=O) groups excluding carboxylic acids is 2. The largest absolute Gasteiger partial charge is 0.487 e. The Hall–Kier alpha value is -3.91. The van der Waals surface area contributed by atoms with Crippen molar-refractivity contribution in [3.63, 3.8) is 0 Å². The Balaban J connectivity index is 1.66. The number of fused-ring (bicyclic) bond motifs is 1. The second-order valence-electron chi connectivity index (χ2n) is 6.06. The van der Waals surface area contributed by atoms with Crippen molar-refractivity contribution in [3.8, 4) is 11.8 Å². The number of nitrogens with zero attached hydrogens (tertiary/aromatic N) is 2. The van der Waals surface area contributed by atoms with Crippen LogP contribution in [0.3, 0.4) is 0 Å². The first-order valence-electron chi connectivity index (χ1n) is 8.38. The average Bonchev–Trinajstić information content (AvgIpc) is 2.98.